The van der Waals surface area contributed by atoms with Crippen molar-refractivity contribution in [2.24, 2.45) is 0 Å². The van der Waals surface area contributed by atoms with Gasteiger partial charge in [-0.3, -0.25) is 4.98 Å². The van der Waals surface area contributed by atoms with Crippen molar-refractivity contribution in [3.05, 3.63) is 71.4 Å². The summed E-state index contributed by atoms with van der Waals surface area (Å²) in [5.41, 5.74) is 3.39. The second-order valence-corrected chi connectivity index (χ2v) is 6.35. The zero-order chi connectivity index (χ0) is 18.8. The van der Waals surface area contributed by atoms with Gasteiger partial charge in [-0.1, -0.05) is 17.7 Å². The number of rotatable bonds is 5. The lowest BCUT2D eigenvalue weighted by Crippen LogP contribution is -2.05. The van der Waals surface area contributed by atoms with Gasteiger partial charge in [0.15, 0.2) is 0 Å². The lowest BCUT2D eigenvalue weighted by atomic mass is 10.2. The van der Waals surface area contributed by atoms with Crippen LogP contribution in [0.15, 0.2) is 55.0 Å². The summed E-state index contributed by atoms with van der Waals surface area (Å²) >= 11 is 5.85. The quantitative estimate of drug-likeness (QED) is 0.533. The van der Waals surface area contributed by atoms with Crippen molar-refractivity contribution >= 4 is 40.1 Å². The molecule has 0 aliphatic carbocycles. The Labute approximate surface area is 160 Å². The second-order valence-electron chi connectivity index (χ2n) is 5.94. The van der Waals surface area contributed by atoms with Crippen LogP contribution < -0.4 is 10.6 Å². The number of hydrogen-bond acceptors (Lipinski definition) is 5. The molecule has 3 heterocycles. The highest BCUT2D eigenvalue weighted by molar-refractivity contribution is 6.31. The van der Waals surface area contributed by atoms with E-state index >= 15 is 0 Å². The molecule has 2 N–H and O–H groups in total. The van der Waals surface area contributed by atoms with Crippen molar-refractivity contribution in [2.45, 2.75) is 6.54 Å². The van der Waals surface area contributed by atoms with Crippen LogP contribution in [0.1, 0.15) is 5.56 Å². The first-order valence-electron chi connectivity index (χ1n) is 8.29. The molecule has 0 atom stereocenters. The van der Waals surface area contributed by atoms with E-state index in [2.05, 4.69) is 30.2 Å². The average molecular weight is 383 g/mol. The summed E-state index contributed by atoms with van der Waals surface area (Å²) in [6.45, 7) is 0.617. The molecule has 8 heteroatoms. The zero-order valence-corrected chi connectivity index (χ0v) is 15.2. The highest BCUT2D eigenvalue weighted by Crippen LogP contribution is 2.26. The normalized spacial score (nSPS) is 10.9. The molecule has 0 fully saturated rings. The van der Waals surface area contributed by atoms with E-state index in [4.69, 9.17) is 11.6 Å². The first-order chi connectivity index (χ1) is 13.1. The van der Waals surface area contributed by atoms with Gasteiger partial charge in [-0.2, -0.15) is 0 Å². The van der Waals surface area contributed by atoms with E-state index in [9.17, 15) is 4.39 Å². The summed E-state index contributed by atoms with van der Waals surface area (Å²) in [7, 11) is 1.83. The molecule has 0 radical (unpaired) electrons. The van der Waals surface area contributed by atoms with Crippen LogP contribution in [-0.4, -0.2) is 26.6 Å². The lowest BCUT2D eigenvalue weighted by Gasteiger charge is -2.10. The molecule has 4 aromatic rings. The summed E-state index contributed by atoms with van der Waals surface area (Å²) in [5, 5.41) is 6.31. The number of anilines is 3. The highest BCUT2D eigenvalue weighted by atomic mass is 35.5. The molecule has 0 unspecified atom stereocenters. The van der Waals surface area contributed by atoms with E-state index in [0.717, 1.165) is 22.5 Å². The van der Waals surface area contributed by atoms with Crippen LogP contribution in [0, 0.1) is 5.82 Å². The van der Waals surface area contributed by atoms with Gasteiger partial charge in [-0.05, 0) is 29.8 Å². The molecular weight excluding hydrogens is 367 g/mol. The van der Waals surface area contributed by atoms with E-state index in [1.54, 1.807) is 18.5 Å². The summed E-state index contributed by atoms with van der Waals surface area (Å²) in [5.74, 6) is 0.886. The molecule has 4 rings (SSSR count). The van der Waals surface area contributed by atoms with Gasteiger partial charge in [0.05, 0.1) is 23.3 Å². The molecule has 27 heavy (non-hydrogen) atoms. The fraction of sp³-hybridized carbons (Fsp3) is 0.105. The third-order valence-electron chi connectivity index (χ3n) is 4.11. The maximum atomic E-state index is 13.3. The van der Waals surface area contributed by atoms with Crippen LogP contribution in [0.25, 0.3) is 11.0 Å². The predicted molar refractivity (Wildman–Crippen MR) is 105 cm³/mol. The van der Waals surface area contributed by atoms with Gasteiger partial charge in [0.2, 0.25) is 5.95 Å². The molecule has 1 aromatic carbocycles. The number of nitrogens with zero attached hydrogens (tertiary/aromatic N) is 4. The van der Waals surface area contributed by atoms with E-state index in [-0.39, 0.29) is 5.02 Å². The van der Waals surface area contributed by atoms with Crippen molar-refractivity contribution < 1.29 is 4.39 Å². The number of hydrogen-bond donors (Lipinski definition) is 2. The number of fused-ring (bicyclic) bond motifs is 1. The van der Waals surface area contributed by atoms with Gasteiger partial charge >= 0.3 is 0 Å². The number of imidazole rings is 1. The van der Waals surface area contributed by atoms with E-state index in [1.807, 2.05) is 31.4 Å². The van der Waals surface area contributed by atoms with Crippen LogP contribution in [0.4, 0.5) is 21.8 Å². The molecule has 6 nitrogen and oxygen atoms in total. The average Bonchev–Trinajstić information content (AvgIpc) is 3.03. The van der Waals surface area contributed by atoms with Gasteiger partial charge in [0, 0.05) is 31.2 Å². The van der Waals surface area contributed by atoms with Gasteiger partial charge in [0.25, 0.3) is 0 Å². The largest absolute Gasteiger partial charge is 0.359 e. The van der Waals surface area contributed by atoms with Crippen molar-refractivity contribution in [3.63, 3.8) is 0 Å². The molecule has 0 saturated heterocycles. The predicted octanol–water partition coefficient (Wildman–Crippen LogP) is 4.45. The van der Waals surface area contributed by atoms with Crippen molar-refractivity contribution in [2.75, 3.05) is 17.7 Å². The van der Waals surface area contributed by atoms with Crippen molar-refractivity contribution in [1.29, 1.82) is 0 Å². The van der Waals surface area contributed by atoms with Gasteiger partial charge < -0.3 is 15.2 Å². The van der Waals surface area contributed by atoms with Crippen LogP contribution in [-0.2, 0) is 6.54 Å². The Morgan fingerprint density at radius 2 is 2.07 bits per heavy atom. The summed E-state index contributed by atoms with van der Waals surface area (Å²) in [6.07, 6.45) is 5.27. The van der Waals surface area contributed by atoms with Gasteiger partial charge in [-0.25, -0.2) is 14.4 Å². The number of aromatic nitrogens is 4. The van der Waals surface area contributed by atoms with Crippen LogP contribution in [0.2, 0.25) is 5.02 Å². The summed E-state index contributed by atoms with van der Waals surface area (Å²) < 4.78 is 15.4. The van der Waals surface area contributed by atoms with E-state index < -0.39 is 5.82 Å². The number of pyridine rings is 2. The monoisotopic (exact) mass is 382 g/mol. The fourth-order valence-corrected chi connectivity index (χ4v) is 3.02. The van der Waals surface area contributed by atoms with Crippen LogP contribution in [0.5, 0.6) is 0 Å². The first-order valence-corrected chi connectivity index (χ1v) is 8.67. The minimum atomic E-state index is -0.459. The van der Waals surface area contributed by atoms with Crippen molar-refractivity contribution in [1.82, 2.24) is 19.5 Å². The van der Waals surface area contributed by atoms with E-state index in [0.29, 0.717) is 18.1 Å². The Morgan fingerprint density at radius 1 is 1.19 bits per heavy atom. The molecule has 0 aliphatic heterocycles. The number of benzene rings is 1. The first kappa shape index (κ1) is 17.2. The molecule has 0 amide bonds. The van der Waals surface area contributed by atoms with Gasteiger partial charge in [0.1, 0.15) is 17.2 Å². The SMILES string of the molecule is CNc1nc2cnc(Nc3ccc(F)c(Cl)c3)cc2n1Cc1cccnc1. The van der Waals surface area contributed by atoms with Crippen molar-refractivity contribution in [3.8, 4) is 0 Å². The third-order valence-corrected chi connectivity index (χ3v) is 4.40. The minimum absolute atomic E-state index is 0.0557. The fourth-order valence-electron chi connectivity index (χ4n) is 2.84. The molecule has 136 valence electrons. The Balaban J connectivity index is 1.71. The smallest absolute Gasteiger partial charge is 0.203 e. The Hall–Kier alpha value is -3.19. The van der Waals surface area contributed by atoms with Crippen LogP contribution >= 0.6 is 11.6 Å². The van der Waals surface area contributed by atoms with Gasteiger partial charge in [-0.15, -0.1) is 0 Å². The zero-order valence-electron chi connectivity index (χ0n) is 14.4. The molecular formula is C19H16ClFN6. The molecule has 0 saturated carbocycles. The Kier molecular flexibility index (Phi) is 4.60. The summed E-state index contributed by atoms with van der Waals surface area (Å²) in [4.78, 5) is 13.1. The Bertz CT molecular complexity index is 1100. The number of halogens is 2. The third kappa shape index (κ3) is 3.54. The minimum Gasteiger partial charge on any atom is -0.359 e. The standard InChI is InChI=1S/C19H16ClFN6/c1-22-19-26-16-10-24-18(25-13-4-5-15(21)14(20)7-13)8-17(16)27(19)11-12-3-2-6-23-9-12/h2-10H,11H2,1H3,(H,22,26)(H,24,25). The summed E-state index contributed by atoms with van der Waals surface area (Å²) in [6, 6.07) is 10.3. The maximum absolute atomic E-state index is 13.3. The number of nitrogens with one attached hydrogen (secondary N) is 2. The lowest BCUT2D eigenvalue weighted by molar-refractivity contribution is 0.628. The molecule has 0 aliphatic rings. The van der Waals surface area contributed by atoms with Crippen LogP contribution in [0.3, 0.4) is 0 Å². The second kappa shape index (κ2) is 7.20. The topological polar surface area (TPSA) is 67.7 Å². The molecule has 0 spiro atoms. The highest BCUT2D eigenvalue weighted by Gasteiger charge is 2.12. The van der Waals surface area contributed by atoms with E-state index in [1.165, 1.54) is 12.1 Å². The molecule has 3 aromatic heterocycles. The maximum Gasteiger partial charge on any atom is 0.203 e. The Morgan fingerprint density at radius 3 is 2.81 bits per heavy atom. The molecule has 0 bridgehead atoms.